The molecule has 0 fully saturated rings. The quantitative estimate of drug-likeness (QED) is 0.681. The number of hydrogen-bond donors (Lipinski definition) is 2. The van der Waals surface area contributed by atoms with Crippen molar-refractivity contribution in [2.24, 2.45) is 5.92 Å². The minimum Gasteiger partial charge on any atom is -0.394 e. The third-order valence-electron chi connectivity index (χ3n) is 2.10. The third kappa shape index (κ3) is 5.64. The van der Waals surface area contributed by atoms with Gasteiger partial charge in [0.15, 0.2) is 0 Å². The van der Waals surface area contributed by atoms with Crippen molar-refractivity contribution in [3.63, 3.8) is 0 Å². The molecular weight excluding hydrogens is 166 g/mol. The van der Waals surface area contributed by atoms with Crippen LogP contribution >= 0.6 is 0 Å². The van der Waals surface area contributed by atoms with Crippen molar-refractivity contribution in [2.75, 3.05) is 6.61 Å². The SMILES string of the molecule is CCC(C)CC(=O)NC(C)(C)CO. The van der Waals surface area contributed by atoms with Crippen molar-refractivity contribution >= 4 is 5.91 Å². The molecule has 0 aliphatic carbocycles. The van der Waals surface area contributed by atoms with Crippen LogP contribution in [0.3, 0.4) is 0 Å². The molecule has 0 saturated carbocycles. The molecule has 1 unspecified atom stereocenters. The first-order valence-electron chi connectivity index (χ1n) is 4.83. The van der Waals surface area contributed by atoms with Gasteiger partial charge in [-0.25, -0.2) is 0 Å². The first-order chi connectivity index (χ1) is 5.91. The van der Waals surface area contributed by atoms with E-state index >= 15 is 0 Å². The fourth-order valence-electron chi connectivity index (χ4n) is 0.929. The zero-order valence-corrected chi connectivity index (χ0v) is 9.05. The Morgan fingerprint density at radius 1 is 1.54 bits per heavy atom. The summed E-state index contributed by atoms with van der Waals surface area (Å²) in [5, 5.41) is 11.7. The molecule has 0 aromatic carbocycles. The van der Waals surface area contributed by atoms with Gasteiger partial charge in [0, 0.05) is 6.42 Å². The van der Waals surface area contributed by atoms with Gasteiger partial charge in [-0.2, -0.15) is 0 Å². The molecular formula is C10H21NO2. The Hall–Kier alpha value is -0.570. The van der Waals surface area contributed by atoms with E-state index in [-0.39, 0.29) is 12.5 Å². The van der Waals surface area contributed by atoms with Crippen LogP contribution in [0, 0.1) is 5.92 Å². The van der Waals surface area contributed by atoms with Crippen molar-refractivity contribution in [2.45, 2.75) is 46.1 Å². The van der Waals surface area contributed by atoms with Crippen LogP contribution in [-0.2, 0) is 4.79 Å². The lowest BCUT2D eigenvalue weighted by molar-refractivity contribution is -0.124. The van der Waals surface area contributed by atoms with Crippen LogP contribution in [0.2, 0.25) is 0 Å². The lowest BCUT2D eigenvalue weighted by Gasteiger charge is -2.24. The maximum absolute atomic E-state index is 11.4. The molecule has 3 heteroatoms. The highest BCUT2D eigenvalue weighted by Gasteiger charge is 2.19. The molecule has 0 aromatic rings. The Kier molecular flexibility index (Phi) is 4.99. The number of rotatable bonds is 5. The normalized spacial score (nSPS) is 13.9. The van der Waals surface area contributed by atoms with Crippen molar-refractivity contribution in [1.29, 1.82) is 0 Å². The largest absolute Gasteiger partial charge is 0.394 e. The summed E-state index contributed by atoms with van der Waals surface area (Å²) in [6.07, 6.45) is 1.55. The number of aliphatic hydroxyl groups excluding tert-OH is 1. The molecule has 0 aromatic heterocycles. The monoisotopic (exact) mass is 187 g/mol. The average Bonchev–Trinajstić information content (AvgIpc) is 2.03. The zero-order valence-electron chi connectivity index (χ0n) is 9.05. The Morgan fingerprint density at radius 3 is 2.46 bits per heavy atom. The molecule has 0 radical (unpaired) electrons. The summed E-state index contributed by atoms with van der Waals surface area (Å²) in [5.41, 5.74) is -0.495. The summed E-state index contributed by atoms with van der Waals surface area (Å²) in [5.74, 6) is 0.433. The predicted octanol–water partition coefficient (Wildman–Crippen LogP) is 1.31. The number of amides is 1. The maximum Gasteiger partial charge on any atom is 0.220 e. The number of carbonyl (C=O) groups excluding carboxylic acids is 1. The Labute approximate surface area is 80.5 Å². The van der Waals surface area contributed by atoms with Gasteiger partial charge in [0.05, 0.1) is 12.1 Å². The predicted molar refractivity (Wildman–Crippen MR) is 53.4 cm³/mol. The molecule has 78 valence electrons. The van der Waals surface area contributed by atoms with E-state index in [4.69, 9.17) is 5.11 Å². The van der Waals surface area contributed by atoms with Crippen LogP contribution in [-0.4, -0.2) is 23.2 Å². The molecule has 0 aliphatic rings. The topological polar surface area (TPSA) is 49.3 Å². The van der Waals surface area contributed by atoms with Crippen LogP contribution in [0.4, 0.5) is 0 Å². The smallest absolute Gasteiger partial charge is 0.220 e. The molecule has 0 heterocycles. The van der Waals surface area contributed by atoms with E-state index in [0.717, 1.165) is 6.42 Å². The van der Waals surface area contributed by atoms with E-state index < -0.39 is 5.54 Å². The third-order valence-corrected chi connectivity index (χ3v) is 2.10. The molecule has 3 nitrogen and oxygen atoms in total. The average molecular weight is 187 g/mol. The van der Waals surface area contributed by atoms with Crippen LogP contribution in [0.5, 0.6) is 0 Å². The molecule has 13 heavy (non-hydrogen) atoms. The number of hydrogen-bond acceptors (Lipinski definition) is 2. The Bertz CT molecular complexity index is 166. The highest BCUT2D eigenvalue weighted by atomic mass is 16.3. The lowest BCUT2D eigenvalue weighted by Crippen LogP contribution is -2.46. The molecule has 0 aliphatic heterocycles. The van der Waals surface area contributed by atoms with Crippen LogP contribution in [0.25, 0.3) is 0 Å². The van der Waals surface area contributed by atoms with Crippen LogP contribution in [0.1, 0.15) is 40.5 Å². The fourth-order valence-corrected chi connectivity index (χ4v) is 0.929. The van der Waals surface area contributed by atoms with Gasteiger partial charge in [-0.1, -0.05) is 20.3 Å². The minimum atomic E-state index is -0.495. The number of aliphatic hydroxyl groups is 1. The summed E-state index contributed by atoms with van der Waals surface area (Å²) >= 11 is 0. The molecule has 0 bridgehead atoms. The summed E-state index contributed by atoms with van der Waals surface area (Å²) in [6, 6.07) is 0. The summed E-state index contributed by atoms with van der Waals surface area (Å²) in [7, 11) is 0. The van der Waals surface area contributed by atoms with Gasteiger partial charge in [0.25, 0.3) is 0 Å². The van der Waals surface area contributed by atoms with E-state index in [1.807, 2.05) is 20.8 Å². The molecule has 1 atom stereocenters. The second-order valence-corrected chi connectivity index (χ2v) is 4.31. The van der Waals surface area contributed by atoms with Crippen molar-refractivity contribution in [3.8, 4) is 0 Å². The van der Waals surface area contributed by atoms with Gasteiger partial charge >= 0.3 is 0 Å². The standard InChI is InChI=1S/C10H21NO2/c1-5-8(2)6-9(13)11-10(3,4)7-12/h8,12H,5-7H2,1-4H3,(H,11,13). The van der Waals surface area contributed by atoms with Crippen molar-refractivity contribution in [3.05, 3.63) is 0 Å². The van der Waals surface area contributed by atoms with E-state index in [2.05, 4.69) is 12.2 Å². The van der Waals surface area contributed by atoms with Crippen LogP contribution in [0.15, 0.2) is 0 Å². The molecule has 2 N–H and O–H groups in total. The van der Waals surface area contributed by atoms with Crippen molar-refractivity contribution < 1.29 is 9.90 Å². The minimum absolute atomic E-state index is 0.0217. The number of nitrogens with one attached hydrogen (secondary N) is 1. The second-order valence-electron chi connectivity index (χ2n) is 4.31. The van der Waals surface area contributed by atoms with Gasteiger partial charge in [-0.15, -0.1) is 0 Å². The van der Waals surface area contributed by atoms with E-state index in [1.165, 1.54) is 0 Å². The summed E-state index contributed by atoms with van der Waals surface area (Å²) in [4.78, 5) is 11.4. The first kappa shape index (κ1) is 12.4. The van der Waals surface area contributed by atoms with E-state index in [1.54, 1.807) is 0 Å². The van der Waals surface area contributed by atoms with Gasteiger partial charge in [0.1, 0.15) is 0 Å². The molecule has 0 rings (SSSR count). The second kappa shape index (κ2) is 5.22. The molecule has 0 spiro atoms. The van der Waals surface area contributed by atoms with Gasteiger partial charge in [-0.05, 0) is 19.8 Å². The first-order valence-corrected chi connectivity index (χ1v) is 4.83. The van der Waals surface area contributed by atoms with E-state index in [0.29, 0.717) is 12.3 Å². The molecule has 1 amide bonds. The highest BCUT2D eigenvalue weighted by Crippen LogP contribution is 2.08. The zero-order chi connectivity index (χ0) is 10.5. The van der Waals surface area contributed by atoms with Gasteiger partial charge < -0.3 is 10.4 Å². The van der Waals surface area contributed by atoms with Gasteiger partial charge in [-0.3, -0.25) is 4.79 Å². The summed E-state index contributed by atoms with van der Waals surface area (Å²) < 4.78 is 0. The Balaban J connectivity index is 3.87. The van der Waals surface area contributed by atoms with Crippen molar-refractivity contribution in [1.82, 2.24) is 5.32 Å². The highest BCUT2D eigenvalue weighted by molar-refractivity contribution is 5.76. The fraction of sp³-hybridized carbons (Fsp3) is 0.900. The lowest BCUT2D eigenvalue weighted by atomic mass is 10.0. The van der Waals surface area contributed by atoms with Gasteiger partial charge in [0.2, 0.25) is 5.91 Å². The van der Waals surface area contributed by atoms with E-state index in [9.17, 15) is 4.79 Å². The Morgan fingerprint density at radius 2 is 2.08 bits per heavy atom. The maximum atomic E-state index is 11.4. The molecule has 0 saturated heterocycles. The number of carbonyl (C=O) groups is 1. The summed E-state index contributed by atoms with van der Waals surface area (Å²) in [6.45, 7) is 7.70. The van der Waals surface area contributed by atoms with Crippen LogP contribution < -0.4 is 5.32 Å².